The Bertz CT molecular complexity index is 518. The van der Waals surface area contributed by atoms with E-state index in [-0.39, 0.29) is 0 Å². The molecule has 4 bridgehead atoms. The van der Waals surface area contributed by atoms with E-state index in [1.54, 1.807) is 0 Å². The van der Waals surface area contributed by atoms with Crippen molar-refractivity contribution in [3.8, 4) is 5.75 Å². The van der Waals surface area contributed by atoms with Crippen LogP contribution in [0.3, 0.4) is 0 Å². The van der Waals surface area contributed by atoms with Crippen LogP contribution in [0.4, 0.5) is 0 Å². The van der Waals surface area contributed by atoms with Gasteiger partial charge in [0.1, 0.15) is 11.9 Å². The van der Waals surface area contributed by atoms with Crippen molar-refractivity contribution in [3.63, 3.8) is 0 Å². The summed E-state index contributed by atoms with van der Waals surface area (Å²) in [5.74, 6) is 3.77. The van der Waals surface area contributed by atoms with E-state index in [0.29, 0.717) is 11.5 Å². The van der Waals surface area contributed by atoms with Crippen molar-refractivity contribution in [1.29, 1.82) is 0 Å². The van der Waals surface area contributed by atoms with Crippen LogP contribution in [-0.4, -0.2) is 6.10 Å². The Morgan fingerprint density at radius 2 is 1.85 bits per heavy atom. The third kappa shape index (κ3) is 1.82. The number of rotatable bonds is 3. The summed E-state index contributed by atoms with van der Waals surface area (Å²) in [6, 6.07) is 8.33. The average molecular weight is 268 g/mol. The monoisotopic (exact) mass is 268 g/mol. The highest BCUT2D eigenvalue weighted by Crippen LogP contribution is 2.60. The standard InChI is InChI=1S/C19H24O/c1-3-15-6-4-5-7-17(15)20-18-16-9-13-8-14(10-16)12-19(18,2)11-13/h3-7,13-14,16,18H,1,8-12H2,2H3. The maximum atomic E-state index is 6.54. The smallest absolute Gasteiger partial charge is 0.126 e. The van der Waals surface area contributed by atoms with Gasteiger partial charge >= 0.3 is 0 Å². The lowest BCUT2D eigenvalue weighted by molar-refractivity contribution is -0.133. The molecule has 0 heterocycles. The molecule has 1 aromatic carbocycles. The molecule has 0 aliphatic heterocycles. The number of ether oxygens (including phenoxy) is 1. The minimum Gasteiger partial charge on any atom is -0.489 e. The van der Waals surface area contributed by atoms with Gasteiger partial charge in [0.25, 0.3) is 0 Å². The molecular weight excluding hydrogens is 244 g/mol. The topological polar surface area (TPSA) is 9.23 Å². The Kier molecular flexibility index (Phi) is 2.73. The SMILES string of the molecule is C=Cc1ccccc1OC1C2CC3CC(C2)CC1(C)C3. The fraction of sp³-hybridized carbons (Fsp3) is 0.579. The quantitative estimate of drug-likeness (QED) is 0.755. The molecule has 3 unspecified atom stereocenters. The molecule has 4 aliphatic carbocycles. The summed E-state index contributed by atoms with van der Waals surface area (Å²) < 4.78 is 6.54. The number of hydrogen-bond donors (Lipinski definition) is 0. The van der Waals surface area contributed by atoms with E-state index in [1.807, 2.05) is 6.08 Å². The van der Waals surface area contributed by atoms with E-state index in [1.165, 1.54) is 32.1 Å². The van der Waals surface area contributed by atoms with Gasteiger partial charge in [-0.05, 0) is 55.9 Å². The van der Waals surface area contributed by atoms with Gasteiger partial charge in [-0.2, -0.15) is 0 Å². The second kappa shape index (κ2) is 4.38. The lowest BCUT2D eigenvalue weighted by Gasteiger charge is -2.59. The van der Waals surface area contributed by atoms with Gasteiger partial charge in [0, 0.05) is 11.0 Å². The Balaban J connectivity index is 1.64. The van der Waals surface area contributed by atoms with E-state index < -0.39 is 0 Å². The number of hydrogen-bond acceptors (Lipinski definition) is 1. The first-order valence-corrected chi connectivity index (χ1v) is 8.06. The van der Waals surface area contributed by atoms with Crippen LogP contribution >= 0.6 is 0 Å². The first-order chi connectivity index (χ1) is 9.68. The van der Waals surface area contributed by atoms with Crippen molar-refractivity contribution in [2.45, 2.75) is 45.1 Å². The third-order valence-electron chi connectivity index (χ3n) is 5.96. The zero-order valence-corrected chi connectivity index (χ0v) is 12.3. The second-order valence-electron chi connectivity index (χ2n) is 7.54. The van der Waals surface area contributed by atoms with Gasteiger partial charge in [-0.1, -0.05) is 37.8 Å². The maximum absolute atomic E-state index is 6.54. The minimum atomic E-state index is 0.406. The van der Waals surface area contributed by atoms with Crippen LogP contribution in [0.1, 0.15) is 44.6 Å². The molecule has 0 N–H and O–H groups in total. The van der Waals surface area contributed by atoms with E-state index in [2.05, 4.69) is 37.8 Å². The van der Waals surface area contributed by atoms with Crippen LogP contribution in [-0.2, 0) is 0 Å². The molecule has 4 fully saturated rings. The Morgan fingerprint density at radius 3 is 2.50 bits per heavy atom. The van der Waals surface area contributed by atoms with Gasteiger partial charge in [0.15, 0.2) is 0 Å². The largest absolute Gasteiger partial charge is 0.489 e. The van der Waals surface area contributed by atoms with Gasteiger partial charge in [-0.15, -0.1) is 0 Å². The summed E-state index contributed by atoms with van der Waals surface area (Å²) in [5, 5.41) is 0. The van der Waals surface area contributed by atoms with E-state index >= 15 is 0 Å². The third-order valence-corrected chi connectivity index (χ3v) is 5.96. The Labute approximate surface area is 122 Å². The summed E-state index contributed by atoms with van der Waals surface area (Å²) in [7, 11) is 0. The van der Waals surface area contributed by atoms with Gasteiger partial charge in [0.05, 0.1) is 0 Å². The molecule has 1 nitrogen and oxygen atoms in total. The first kappa shape index (κ1) is 12.5. The molecule has 3 atom stereocenters. The summed E-state index contributed by atoms with van der Waals surface area (Å²) in [4.78, 5) is 0. The molecule has 0 amide bonds. The number of benzene rings is 1. The maximum Gasteiger partial charge on any atom is 0.126 e. The van der Waals surface area contributed by atoms with Crippen LogP contribution < -0.4 is 4.74 Å². The highest BCUT2D eigenvalue weighted by Gasteiger charge is 2.56. The van der Waals surface area contributed by atoms with Crippen LogP contribution in [0.2, 0.25) is 0 Å². The molecule has 4 aliphatic rings. The van der Waals surface area contributed by atoms with Crippen LogP contribution in [0.5, 0.6) is 5.75 Å². The second-order valence-corrected chi connectivity index (χ2v) is 7.54. The zero-order valence-electron chi connectivity index (χ0n) is 12.3. The van der Waals surface area contributed by atoms with Gasteiger partial charge < -0.3 is 4.74 Å². The molecule has 0 saturated heterocycles. The average Bonchev–Trinajstić information content (AvgIpc) is 2.42. The van der Waals surface area contributed by atoms with Gasteiger partial charge in [-0.25, -0.2) is 0 Å². The molecular formula is C19H24O. The highest BCUT2D eigenvalue weighted by atomic mass is 16.5. The molecule has 0 spiro atoms. The molecule has 5 rings (SSSR count). The number of para-hydroxylation sites is 1. The molecule has 0 radical (unpaired) electrons. The lowest BCUT2D eigenvalue weighted by atomic mass is 9.49. The van der Waals surface area contributed by atoms with Crippen molar-refractivity contribution in [2.24, 2.45) is 23.2 Å². The zero-order chi connectivity index (χ0) is 13.7. The minimum absolute atomic E-state index is 0.406. The summed E-state index contributed by atoms with van der Waals surface area (Å²) in [6.45, 7) is 6.38. The van der Waals surface area contributed by atoms with Crippen LogP contribution in [0.25, 0.3) is 6.08 Å². The molecule has 4 saturated carbocycles. The Hall–Kier alpha value is -1.24. The predicted molar refractivity (Wildman–Crippen MR) is 82.6 cm³/mol. The summed E-state index contributed by atoms with van der Waals surface area (Å²) >= 11 is 0. The first-order valence-electron chi connectivity index (χ1n) is 8.06. The fourth-order valence-electron chi connectivity index (χ4n) is 5.53. The lowest BCUT2D eigenvalue weighted by Crippen LogP contribution is -2.56. The van der Waals surface area contributed by atoms with Crippen molar-refractivity contribution in [2.75, 3.05) is 0 Å². The van der Waals surface area contributed by atoms with Crippen molar-refractivity contribution in [3.05, 3.63) is 36.4 Å². The molecule has 1 aromatic rings. The van der Waals surface area contributed by atoms with Gasteiger partial charge in [0.2, 0.25) is 0 Å². The van der Waals surface area contributed by atoms with E-state index in [0.717, 1.165) is 29.1 Å². The molecule has 106 valence electrons. The fourth-order valence-corrected chi connectivity index (χ4v) is 5.53. The summed E-state index contributed by atoms with van der Waals surface area (Å²) in [6.07, 6.45) is 9.36. The van der Waals surface area contributed by atoms with Crippen molar-refractivity contribution in [1.82, 2.24) is 0 Å². The van der Waals surface area contributed by atoms with E-state index in [9.17, 15) is 0 Å². The van der Waals surface area contributed by atoms with Crippen molar-refractivity contribution < 1.29 is 4.74 Å². The Morgan fingerprint density at radius 1 is 1.15 bits per heavy atom. The van der Waals surface area contributed by atoms with E-state index in [4.69, 9.17) is 4.74 Å². The van der Waals surface area contributed by atoms with Gasteiger partial charge in [-0.3, -0.25) is 0 Å². The molecule has 1 heteroatoms. The van der Waals surface area contributed by atoms with Crippen LogP contribution in [0, 0.1) is 23.2 Å². The van der Waals surface area contributed by atoms with Crippen LogP contribution in [0.15, 0.2) is 30.8 Å². The molecule has 0 aromatic heterocycles. The normalized spacial score (nSPS) is 41.6. The highest BCUT2D eigenvalue weighted by molar-refractivity contribution is 5.55. The predicted octanol–water partition coefficient (Wildman–Crippen LogP) is 4.92. The molecule has 20 heavy (non-hydrogen) atoms. The summed E-state index contributed by atoms with van der Waals surface area (Å²) in [5.41, 5.74) is 1.54. The van der Waals surface area contributed by atoms with Crippen molar-refractivity contribution >= 4 is 6.08 Å².